The zero-order chi connectivity index (χ0) is 12.1. The van der Waals surface area contributed by atoms with Crippen LogP contribution in [0.4, 0.5) is 0 Å². The highest BCUT2D eigenvalue weighted by Crippen LogP contribution is 2.21. The topological polar surface area (TPSA) is 69.6 Å². The van der Waals surface area contributed by atoms with Gasteiger partial charge in [-0.2, -0.15) is 0 Å². The van der Waals surface area contributed by atoms with E-state index in [0.717, 1.165) is 0 Å². The average molecular weight is 244 g/mol. The lowest BCUT2D eigenvalue weighted by Gasteiger charge is -2.10. The molecular formula is C11H14ClNO3. The van der Waals surface area contributed by atoms with Crippen molar-refractivity contribution in [1.82, 2.24) is 5.32 Å². The van der Waals surface area contributed by atoms with Gasteiger partial charge < -0.3 is 15.5 Å². The number of amides is 1. The first-order valence-electron chi connectivity index (χ1n) is 4.92. The maximum absolute atomic E-state index is 11.6. The SMILES string of the molecule is CC(CO)CNC(=O)c1ccc(Cl)cc1O. The molecule has 5 heteroatoms. The van der Waals surface area contributed by atoms with E-state index in [1.807, 2.05) is 6.92 Å². The summed E-state index contributed by atoms with van der Waals surface area (Å²) in [5.74, 6) is -0.547. The third-order valence-corrected chi connectivity index (χ3v) is 2.36. The van der Waals surface area contributed by atoms with Crippen LogP contribution in [0.3, 0.4) is 0 Å². The van der Waals surface area contributed by atoms with Crippen molar-refractivity contribution < 1.29 is 15.0 Å². The van der Waals surface area contributed by atoms with Crippen LogP contribution in [0.25, 0.3) is 0 Å². The Morgan fingerprint density at radius 2 is 2.25 bits per heavy atom. The van der Waals surface area contributed by atoms with Gasteiger partial charge in [0.1, 0.15) is 5.75 Å². The Labute approximate surface area is 98.9 Å². The molecule has 0 spiro atoms. The van der Waals surface area contributed by atoms with E-state index in [1.165, 1.54) is 18.2 Å². The van der Waals surface area contributed by atoms with Gasteiger partial charge in [0.25, 0.3) is 5.91 Å². The Hall–Kier alpha value is -1.26. The third kappa shape index (κ3) is 3.40. The van der Waals surface area contributed by atoms with Crippen LogP contribution < -0.4 is 5.32 Å². The molecule has 0 aromatic heterocycles. The minimum absolute atomic E-state index is 0.00683. The molecule has 1 aromatic carbocycles. The molecule has 0 aliphatic rings. The quantitative estimate of drug-likeness (QED) is 0.749. The third-order valence-electron chi connectivity index (χ3n) is 2.13. The molecule has 0 aliphatic carbocycles. The van der Waals surface area contributed by atoms with Crippen molar-refractivity contribution in [3.8, 4) is 5.75 Å². The van der Waals surface area contributed by atoms with Gasteiger partial charge in [-0.1, -0.05) is 18.5 Å². The van der Waals surface area contributed by atoms with E-state index in [-0.39, 0.29) is 29.7 Å². The summed E-state index contributed by atoms with van der Waals surface area (Å²) < 4.78 is 0. The molecule has 1 atom stereocenters. The van der Waals surface area contributed by atoms with Crippen LogP contribution in [0.15, 0.2) is 18.2 Å². The minimum atomic E-state index is -0.380. The van der Waals surface area contributed by atoms with Gasteiger partial charge in [-0.25, -0.2) is 0 Å². The molecule has 0 bridgehead atoms. The zero-order valence-corrected chi connectivity index (χ0v) is 9.66. The second-order valence-corrected chi connectivity index (χ2v) is 4.10. The van der Waals surface area contributed by atoms with Crippen LogP contribution in [-0.4, -0.2) is 29.3 Å². The van der Waals surface area contributed by atoms with Crippen LogP contribution in [0.1, 0.15) is 17.3 Å². The van der Waals surface area contributed by atoms with Gasteiger partial charge in [0, 0.05) is 18.2 Å². The van der Waals surface area contributed by atoms with Gasteiger partial charge >= 0.3 is 0 Å². The maximum Gasteiger partial charge on any atom is 0.255 e. The summed E-state index contributed by atoms with van der Waals surface area (Å²) in [5.41, 5.74) is 0.175. The fourth-order valence-corrected chi connectivity index (χ4v) is 1.29. The number of carbonyl (C=O) groups excluding carboxylic acids is 1. The molecule has 1 amide bonds. The highest BCUT2D eigenvalue weighted by molar-refractivity contribution is 6.30. The zero-order valence-electron chi connectivity index (χ0n) is 8.90. The number of rotatable bonds is 4. The minimum Gasteiger partial charge on any atom is -0.507 e. The molecule has 0 saturated carbocycles. The van der Waals surface area contributed by atoms with Crippen molar-refractivity contribution >= 4 is 17.5 Å². The molecule has 1 unspecified atom stereocenters. The number of hydrogen-bond acceptors (Lipinski definition) is 3. The van der Waals surface area contributed by atoms with E-state index in [0.29, 0.717) is 11.6 Å². The smallest absolute Gasteiger partial charge is 0.255 e. The molecule has 88 valence electrons. The number of aliphatic hydroxyl groups excluding tert-OH is 1. The highest BCUT2D eigenvalue weighted by Gasteiger charge is 2.11. The maximum atomic E-state index is 11.6. The Morgan fingerprint density at radius 3 is 2.81 bits per heavy atom. The van der Waals surface area contributed by atoms with E-state index in [4.69, 9.17) is 16.7 Å². The molecule has 3 N–H and O–H groups in total. The summed E-state index contributed by atoms with van der Waals surface area (Å²) in [6.45, 7) is 2.17. The van der Waals surface area contributed by atoms with E-state index in [9.17, 15) is 9.90 Å². The van der Waals surface area contributed by atoms with Gasteiger partial charge in [-0.15, -0.1) is 0 Å². The largest absolute Gasteiger partial charge is 0.507 e. The van der Waals surface area contributed by atoms with Gasteiger partial charge in [0.2, 0.25) is 0 Å². The fraction of sp³-hybridized carbons (Fsp3) is 0.364. The summed E-state index contributed by atoms with van der Waals surface area (Å²) >= 11 is 5.65. The van der Waals surface area contributed by atoms with E-state index < -0.39 is 0 Å². The van der Waals surface area contributed by atoms with Crippen molar-refractivity contribution in [3.05, 3.63) is 28.8 Å². The first-order valence-corrected chi connectivity index (χ1v) is 5.30. The Balaban J connectivity index is 2.66. The average Bonchev–Trinajstić information content (AvgIpc) is 2.25. The van der Waals surface area contributed by atoms with Gasteiger partial charge in [0.15, 0.2) is 0 Å². The number of nitrogens with one attached hydrogen (secondary N) is 1. The monoisotopic (exact) mass is 243 g/mol. The molecule has 0 heterocycles. The van der Waals surface area contributed by atoms with Crippen LogP contribution in [-0.2, 0) is 0 Å². The molecule has 1 rings (SSSR count). The van der Waals surface area contributed by atoms with Crippen LogP contribution in [0, 0.1) is 5.92 Å². The molecule has 0 aliphatic heterocycles. The number of carbonyl (C=O) groups is 1. The van der Waals surface area contributed by atoms with E-state index in [1.54, 1.807) is 0 Å². The predicted octanol–water partition coefficient (Wildman–Crippen LogP) is 1.40. The van der Waals surface area contributed by atoms with Crippen molar-refractivity contribution in [2.24, 2.45) is 5.92 Å². The Kier molecular flexibility index (Phi) is 4.58. The summed E-state index contributed by atoms with van der Waals surface area (Å²) in [5, 5.41) is 21.3. The standard InChI is InChI=1S/C11H14ClNO3/c1-7(6-14)5-13-11(16)9-3-2-8(12)4-10(9)15/h2-4,7,14-15H,5-6H2,1H3,(H,13,16). The van der Waals surface area contributed by atoms with Crippen LogP contribution >= 0.6 is 11.6 Å². The number of hydrogen-bond donors (Lipinski definition) is 3. The molecule has 16 heavy (non-hydrogen) atoms. The number of benzene rings is 1. The van der Waals surface area contributed by atoms with Gasteiger partial charge in [0.05, 0.1) is 5.56 Å². The molecular weight excluding hydrogens is 230 g/mol. The lowest BCUT2D eigenvalue weighted by Crippen LogP contribution is -2.29. The molecule has 4 nitrogen and oxygen atoms in total. The lowest BCUT2D eigenvalue weighted by molar-refractivity contribution is 0.0939. The number of phenols is 1. The number of aromatic hydroxyl groups is 1. The van der Waals surface area contributed by atoms with Gasteiger partial charge in [-0.05, 0) is 24.1 Å². The van der Waals surface area contributed by atoms with E-state index >= 15 is 0 Å². The van der Waals surface area contributed by atoms with Crippen molar-refractivity contribution in [2.75, 3.05) is 13.2 Å². The molecule has 1 aromatic rings. The predicted molar refractivity (Wildman–Crippen MR) is 61.7 cm³/mol. The molecule has 0 fully saturated rings. The summed E-state index contributed by atoms with van der Waals surface area (Å²) in [6, 6.07) is 4.30. The van der Waals surface area contributed by atoms with Gasteiger partial charge in [-0.3, -0.25) is 4.79 Å². The van der Waals surface area contributed by atoms with Crippen molar-refractivity contribution in [3.63, 3.8) is 0 Å². The normalized spacial score (nSPS) is 12.2. The first kappa shape index (κ1) is 12.8. The molecule has 0 saturated heterocycles. The summed E-state index contributed by atoms with van der Waals surface area (Å²) in [6.07, 6.45) is 0. The number of aliphatic hydroxyl groups is 1. The second-order valence-electron chi connectivity index (χ2n) is 3.66. The van der Waals surface area contributed by atoms with Crippen molar-refractivity contribution in [1.29, 1.82) is 0 Å². The highest BCUT2D eigenvalue weighted by atomic mass is 35.5. The molecule has 0 radical (unpaired) electrons. The van der Waals surface area contributed by atoms with Crippen LogP contribution in [0.5, 0.6) is 5.75 Å². The van der Waals surface area contributed by atoms with E-state index in [2.05, 4.69) is 5.32 Å². The number of halogens is 1. The fourth-order valence-electron chi connectivity index (χ4n) is 1.12. The Morgan fingerprint density at radius 1 is 1.56 bits per heavy atom. The lowest BCUT2D eigenvalue weighted by atomic mass is 10.1. The summed E-state index contributed by atoms with van der Waals surface area (Å²) in [7, 11) is 0. The Bertz CT molecular complexity index is 381. The first-order chi connectivity index (χ1) is 7.54. The summed E-state index contributed by atoms with van der Waals surface area (Å²) in [4.78, 5) is 11.6. The number of phenolic OH excluding ortho intramolecular Hbond substituents is 1. The second kappa shape index (κ2) is 5.72. The van der Waals surface area contributed by atoms with Crippen molar-refractivity contribution in [2.45, 2.75) is 6.92 Å². The van der Waals surface area contributed by atoms with Crippen LogP contribution in [0.2, 0.25) is 5.02 Å².